The number of hydrogen-bond acceptors (Lipinski definition) is 11. The Morgan fingerprint density at radius 2 is 1.61 bits per heavy atom. The van der Waals surface area contributed by atoms with Crippen LogP contribution in [0.3, 0.4) is 0 Å². The summed E-state index contributed by atoms with van der Waals surface area (Å²) in [6, 6.07) is 0. The topological polar surface area (TPSA) is 180 Å². The molecule has 2 aromatic rings. The van der Waals surface area contributed by atoms with Crippen molar-refractivity contribution < 1.29 is 48.3 Å². The van der Waals surface area contributed by atoms with Crippen LogP contribution >= 0.6 is 0 Å². The maximum atomic E-state index is 13.8. The second kappa shape index (κ2) is 11.9. The smallest absolute Gasteiger partial charge is 0.414 e. The highest BCUT2D eigenvalue weighted by Gasteiger charge is 2.63. The predicted molar refractivity (Wildman–Crippen MR) is 158 cm³/mol. The lowest BCUT2D eigenvalue weighted by Gasteiger charge is -2.51. The molecule has 2 aliphatic rings. The third-order valence-electron chi connectivity index (χ3n) is 8.32. The zero-order valence-corrected chi connectivity index (χ0v) is 28.6. The monoisotopic (exact) mass is 683 g/mol. The summed E-state index contributed by atoms with van der Waals surface area (Å²) in [6.07, 6.45) is -3.76. The molecule has 2 aromatic heterocycles. The van der Waals surface area contributed by atoms with Crippen LogP contribution in [0.4, 0.5) is 19.0 Å². The van der Waals surface area contributed by atoms with Gasteiger partial charge in [0.1, 0.15) is 36.1 Å². The van der Waals surface area contributed by atoms with Crippen LogP contribution < -0.4 is 11.5 Å². The van der Waals surface area contributed by atoms with Crippen LogP contribution in [0.25, 0.3) is 11.0 Å². The Balaban J connectivity index is 1.97. The summed E-state index contributed by atoms with van der Waals surface area (Å²) in [7, 11) is -12.7. The molecule has 248 valence electrons. The molecule has 4 N–H and O–H groups in total. The molecule has 0 bridgehead atoms. The second-order valence-corrected chi connectivity index (χ2v) is 22.8. The number of nitrogens with two attached hydrogens (primary N) is 2. The number of nitrogen functional groups attached to an aromatic ring is 1. The van der Waals surface area contributed by atoms with E-state index in [9.17, 15) is 26.4 Å². The lowest BCUT2D eigenvalue weighted by atomic mass is 10.1. The van der Waals surface area contributed by atoms with Crippen molar-refractivity contribution in [3.63, 3.8) is 0 Å². The molecule has 0 aromatic carbocycles. The minimum Gasteiger partial charge on any atom is -0.414 e. The number of anilines is 1. The van der Waals surface area contributed by atoms with Gasteiger partial charge in [0.15, 0.2) is 6.23 Å². The number of amides is 1. The number of carbonyl (C=O) groups excluding carboxylic acids is 1. The molecule has 2 fully saturated rings. The fourth-order valence-corrected chi connectivity index (χ4v) is 18.0. The van der Waals surface area contributed by atoms with Gasteiger partial charge in [-0.2, -0.15) is 21.6 Å². The van der Waals surface area contributed by atoms with Crippen molar-refractivity contribution in [3.8, 4) is 0 Å². The van der Waals surface area contributed by atoms with Crippen molar-refractivity contribution in [1.82, 2.24) is 14.5 Å². The highest BCUT2D eigenvalue weighted by molar-refractivity contribution is 7.87. The lowest BCUT2D eigenvalue weighted by Crippen LogP contribution is -2.66. The molecular weight excluding hydrogens is 644 g/mol. The third-order valence-corrected chi connectivity index (χ3v) is 19.6. The van der Waals surface area contributed by atoms with Crippen molar-refractivity contribution in [2.45, 2.75) is 108 Å². The number of primary amides is 1. The summed E-state index contributed by atoms with van der Waals surface area (Å²) in [4.78, 5) is 20.4. The zero-order chi connectivity index (χ0) is 33.2. The van der Waals surface area contributed by atoms with E-state index in [1.165, 1.54) is 10.8 Å². The van der Waals surface area contributed by atoms with Crippen LogP contribution in [0, 0.1) is 0 Å². The number of hydrogen-bond donors (Lipinski definition) is 2. The number of aromatic nitrogens is 3. The summed E-state index contributed by atoms with van der Waals surface area (Å²) in [5.74, 6) is -1.06. The second-order valence-electron chi connectivity index (χ2n) is 12.4. The van der Waals surface area contributed by atoms with E-state index in [-0.39, 0.29) is 51.2 Å². The van der Waals surface area contributed by atoms with Gasteiger partial charge in [0.25, 0.3) is 5.91 Å². The fourth-order valence-electron chi connectivity index (χ4n) is 6.14. The van der Waals surface area contributed by atoms with Crippen LogP contribution in [0.1, 0.15) is 72.0 Å². The highest BCUT2D eigenvalue weighted by atomic mass is 32.2. The number of ether oxygens (including phenoxy) is 1. The van der Waals surface area contributed by atoms with Gasteiger partial charge in [-0.25, -0.2) is 9.97 Å². The van der Waals surface area contributed by atoms with Crippen LogP contribution in [0.5, 0.6) is 0 Å². The van der Waals surface area contributed by atoms with Gasteiger partial charge >= 0.3 is 32.7 Å². The van der Waals surface area contributed by atoms with Gasteiger partial charge in [0, 0.05) is 6.20 Å². The molecule has 19 heteroatoms. The van der Waals surface area contributed by atoms with Crippen LogP contribution in [0.15, 0.2) is 12.5 Å². The average molecular weight is 684 g/mol. The summed E-state index contributed by atoms with van der Waals surface area (Å²) in [5, 5.41) is 0.0185. The molecule has 0 aliphatic carbocycles. The molecule has 4 heterocycles. The molecule has 0 radical (unpaired) electrons. The van der Waals surface area contributed by atoms with Gasteiger partial charge in [-0.3, -0.25) is 8.98 Å². The number of carbonyl (C=O) groups is 1. The van der Waals surface area contributed by atoms with Crippen LogP contribution in [0.2, 0.25) is 22.2 Å². The van der Waals surface area contributed by atoms with Gasteiger partial charge in [0.05, 0.1) is 17.6 Å². The van der Waals surface area contributed by atoms with E-state index in [0.717, 1.165) is 6.33 Å². The quantitative estimate of drug-likeness (QED) is 0.231. The molecule has 44 heavy (non-hydrogen) atoms. The first-order valence-electron chi connectivity index (χ1n) is 14.3. The number of alkyl halides is 3. The van der Waals surface area contributed by atoms with Gasteiger partial charge in [-0.15, -0.1) is 0 Å². The molecule has 0 spiro atoms. The van der Waals surface area contributed by atoms with Crippen molar-refractivity contribution >= 4 is 50.0 Å². The third kappa shape index (κ3) is 5.69. The Morgan fingerprint density at radius 3 is 2.11 bits per heavy atom. The van der Waals surface area contributed by atoms with Gasteiger partial charge in [-0.1, -0.05) is 55.4 Å². The number of nitrogens with zero attached hydrogens (tertiary/aromatic N) is 3. The molecule has 2 saturated heterocycles. The van der Waals surface area contributed by atoms with E-state index in [1.807, 2.05) is 55.4 Å². The molecular formula is C25H40F3N5O8SSi2. The Hall–Kier alpha value is -2.14. The van der Waals surface area contributed by atoms with E-state index in [4.69, 9.17) is 33.4 Å². The van der Waals surface area contributed by atoms with E-state index in [0.29, 0.717) is 0 Å². The van der Waals surface area contributed by atoms with E-state index in [2.05, 4.69) is 9.97 Å². The summed E-state index contributed by atoms with van der Waals surface area (Å²) < 4.78 is 99.3. The first kappa shape index (κ1) is 34.7. The number of halogens is 3. The SMILES string of the molecule is CC(C)[Si]1(C(C)C)OCC2OC(n3cc(C(N)=O)c4c(N)ncnc43)C(OS(=O)(=O)C(F)(F)F)C2O[Si](C(C)C)(C(C)C)O1. The first-order chi connectivity index (χ1) is 20.2. The van der Waals surface area contributed by atoms with Crippen molar-refractivity contribution in [3.05, 3.63) is 18.1 Å². The Bertz CT molecular complexity index is 1490. The normalized spacial score (nSPS) is 26.0. The molecule has 0 saturated carbocycles. The molecule has 4 unspecified atom stereocenters. The molecule has 13 nitrogen and oxygen atoms in total. The van der Waals surface area contributed by atoms with Gasteiger partial charge in [0.2, 0.25) is 0 Å². The highest BCUT2D eigenvalue weighted by Crippen LogP contribution is 2.50. The number of rotatable bonds is 8. The summed E-state index contributed by atoms with van der Waals surface area (Å²) >= 11 is 0. The molecule has 2 aliphatic heterocycles. The van der Waals surface area contributed by atoms with Gasteiger partial charge < -0.3 is 33.7 Å². The fraction of sp³-hybridized carbons (Fsp3) is 0.720. The summed E-state index contributed by atoms with van der Waals surface area (Å²) in [5.41, 5.74) is 5.06. The molecule has 4 atom stereocenters. The minimum atomic E-state index is -6.17. The van der Waals surface area contributed by atoms with E-state index >= 15 is 0 Å². The Kier molecular flexibility index (Phi) is 9.40. The van der Waals surface area contributed by atoms with Crippen molar-refractivity contribution in [2.24, 2.45) is 5.73 Å². The maximum absolute atomic E-state index is 13.8. The predicted octanol–water partition coefficient (Wildman–Crippen LogP) is 4.20. The largest absolute Gasteiger partial charge is 0.523 e. The maximum Gasteiger partial charge on any atom is 0.523 e. The standard InChI is InChI=1S/C25H40F3N5O8SSi2/c1-12(2)43(13(3)4)37-10-17-19(40-44(41-43,14(5)6)15(7)8)20(39-42(35,36)25(26,27)28)24(38-17)33-9-16(22(30)34)18-21(29)31-11-32-23(18)33/h9,11-15,17,19-20,24H,10H2,1-8H3,(H2,30,34)(H2,29,31,32). The average Bonchev–Trinajstić information content (AvgIpc) is 3.41. The zero-order valence-electron chi connectivity index (χ0n) is 25.8. The van der Waals surface area contributed by atoms with Crippen LogP contribution in [-0.4, -0.2) is 76.4 Å². The minimum absolute atomic E-state index is 0.0185. The Morgan fingerprint density at radius 1 is 1.05 bits per heavy atom. The van der Waals surface area contributed by atoms with Crippen LogP contribution in [-0.2, 0) is 32.0 Å². The van der Waals surface area contributed by atoms with Crippen molar-refractivity contribution in [1.29, 1.82) is 0 Å². The Labute approximate surface area is 256 Å². The van der Waals surface area contributed by atoms with E-state index < -0.39 is 63.2 Å². The number of fused-ring (bicyclic) bond motifs is 2. The molecule has 4 rings (SSSR count). The first-order valence-corrected chi connectivity index (χ1v) is 19.6. The lowest BCUT2D eigenvalue weighted by molar-refractivity contribution is -0.0693. The summed E-state index contributed by atoms with van der Waals surface area (Å²) in [6.45, 7) is 15.4. The molecule has 1 amide bonds. The van der Waals surface area contributed by atoms with E-state index in [1.54, 1.807) is 0 Å². The van der Waals surface area contributed by atoms with Gasteiger partial charge in [-0.05, 0) is 22.2 Å². The van der Waals surface area contributed by atoms with Crippen molar-refractivity contribution in [2.75, 3.05) is 12.3 Å².